The molecule has 8 aromatic heterocycles. The summed E-state index contributed by atoms with van der Waals surface area (Å²) in [4.78, 5) is 34.3. The molecule has 6 nitrogen and oxygen atoms in total. The van der Waals surface area contributed by atoms with Crippen LogP contribution < -0.4 is 0 Å². The second-order valence-electron chi connectivity index (χ2n) is 25.5. The second-order valence-corrected chi connectivity index (χ2v) is 34.3. The van der Waals surface area contributed by atoms with Gasteiger partial charge < -0.3 is 4.98 Å². The summed E-state index contributed by atoms with van der Waals surface area (Å²) in [6.45, 7) is 0. The van der Waals surface area contributed by atoms with Crippen molar-refractivity contribution < 1.29 is 0 Å². The van der Waals surface area contributed by atoms with Gasteiger partial charge in [0.05, 0.1) is 48.4 Å². The topological polar surface area (TPSA) is 72.3 Å². The quantitative estimate of drug-likeness (QED) is 0.176. The lowest BCUT2D eigenvalue weighted by atomic mass is 10.00. The van der Waals surface area contributed by atoms with Crippen molar-refractivity contribution in [3.05, 3.63) is 284 Å². The van der Waals surface area contributed by atoms with Crippen molar-refractivity contribution in [3.63, 3.8) is 0 Å². The minimum atomic E-state index is 0.289. The summed E-state index contributed by atoms with van der Waals surface area (Å²) in [6, 6.07) is 100.0. The van der Waals surface area contributed by atoms with Crippen LogP contribution in [0.15, 0.2) is 318 Å². The third kappa shape index (κ3) is 9.49. The molecule has 0 atom stereocenters. The Morgan fingerprint density at radius 1 is 0.291 bits per heavy atom. The molecule has 2 aliphatic rings. The molecule has 0 amide bonds. The molecule has 0 bridgehead atoms. The fourth-order valence-corrected chi connectivity index (χ4v) is 25.1. The molecular formula is C88H47ClN6S8. The zero-order valence-corrected chi connectivity index (χ0v) is 61.2. The van der Waals surface area contributed by atoms with Gasteiger partial charge in [0.15, 0.2) is 0 Å². The largest absolute Gasteiger partial charge is 0.354 e. The molecule has 14 aromatic carbocycles. The molecule has 2 aliphatic heterocycles. The van der Waals surface area contributed by atoms with Crippen molar-refractivity contribution in [2.75, 3.05) is 0 Å². The van der Waals surface area contributed by atoms with Gasteiger partial charge in [-0.25, -0.2) is 19.9 Å². The van der Waals surface area contributed by atoms with Gasteiger partial charge in [0.2, 0.25) is 11.2 Å². The molecule has 0 saturated heterocycles. The lowest BCUT2D eigenvalue weighted by molar-refractivity contribution is 1.02. The van der Waals surface area contributed by atoms with Crippen LogP contribution in [0.3, 0.4) is 0 Å². The van der Waals surface area contributed by atoms with Gasteiger partial charge in [0.25, 0.3) is 0 Å². The van der Waals surface area contributed by atoms with Gasteiger partial charge in [-0.1, -0.05) is 253 Å². The first-order valence-electron chi connectivity index (χ1n) is 33.7. The summed E-state index contributed by atoms with van der Waals surface area (Å²) >= 11 is 21.0. The number of hydrogen-bond acceptors (Lipinski definition) is 12. The number of H-pyrrole nitrogens is 1. The molecule has 0 spiro atoms. The standard InChI is InChI=1S/C44H23N3S4.C22H11ClN2S3.C22H13NS/c1-2-13-25-24(12-1)36-26-14-3-6-18-30(26)47(40(36)37-27-15-4-7-19-31(27)49-42(25)37)44-45-38-28-16-5-8-20-32(28)50-43(38)39(46-44)29-17-11-23-35-41(29)51-34-22-10-9-21-33(34)48-35;23-22-24-18-12-6-1-2-8-14(12)27-21(18)19(25-22)13-7-5-11-17-20(13)28-16-10-4-3-9-15(16)26-17;1-2-8-14-13(7-1)19-15-9-3-5-11-17(15)23-21(19)20-16-10-4-6-12-18(16)24-22(14)20/h1-23H;1-11H;1-12,23H. The Morgan fingerprint density at radius 2 is 0.699 bits per heavy atom. The Labute approximate surface area is 625 Å². The first-order valence-corrected chi connectivity index (χ1v) is 40.6. The molecule has 0 radical (unpaired) electrons. The van der Waals surface area contributed by atoms with Crippen LogP contribution in [0.1, 0.15) is 0 Å². The minimum absolute atomic E-state index is 0.289. The summed E-state index contributed by atoms with van der Waals surface area (Å²) in [5.74, 6) is 0.700. The number of fused-ring (bicyclic) bond motifs is 30. The fraction of sp³-hybridized carbons (Fsp3) is 0. The first kappa shape index (κ1) is 60.5. The van der Waals surface area contributed by atoms with Crippen LogP contribution >= 0.6 is 104 Å². The molecule has 103 heavy (non-hydrogen) atoms. The highest BCUT2D eigenvalue weighted by molar-refractivity contribution is 8.05. The number of nitrogens with one attached hydrogen (secondary N) is 1. The van der Waals surface area contributed by atoms with E-state index in [0.29, 0.717) is 5.95 Å². The van der Waals surface area contributed by atoms with Crippen LogP contribution in [-0.2, 0) is 0 Å². The highest BCUT2D eigenvalue weighted by Crippen LogP contribution is 2.56. The van der Waals surface area contributed by atoms with Crippen LogP contribution in [-0.4, -0.2) is 29.5 Å². The van der Waals surface area contributed by atoms with E-state index in [1.165, 1.54) is 149 Å². The third-order valence-corrected chi connectivity index (χ3v) is 29.9. The Balaban J connectivity index is 0.000000108. The van der Waals surface area contributed by atoms with Gasteiger partial charge in [0, 0.05) is 149 Å². The minimum Gasteiger partial charge on any atom is -0.354 e. The number of nitrogens with zero attached hydrogens (tertiary/aromatic N) is 5. The van der Waals surface area contributed by atoms with Crippen LogP contribution in [0.4, 0.5) is 0 Å². The maximum Gasteiger partial charge on any atom is 0.235 e. The second kappa shape index (κ2) is 24.0. The van der Waals surface area contributed by atoms with Crippen molar-refractivity contribution in [3.8, 4) is 28.5 Å². The highest BCUT2D eigenvalue weighted by atomic mass is 35.5. The molecule has 10 heterocycles. The Morgan fingerprint density at radius 3 is 1.28 bits per heavy atom. The highest BCUT2D eigenvalue weighted by Gasteiger charge is 2.29. The molecule has 0 saturated carbocycles. The van der Waals surface area contributed by atoms with E-state index in [0.717, 1.165) is 59.2 Å². The number of aromatic nitrogens is 6. The van der Waals surface area contributed by atoms with Gasteiger partial charge in [-0.15, -0.1) is 45.3 Å². The SMILES string of the molecule is Clc1nc(-c2cccc3c2Sc2ccccc2S3)c2sc3ccccc3c2n1.c1ccc2c(c1)Sc1cccc(-c3nc(-n4c5ccccc5c5c6ccccc6c6sc7ccccc7c6c54)nc4c3sc3ccccc34)c1S2.c1ccc2c(c1)[nH]c1c2c2ccccc2c2sc3ccccc3c12. The number of para-hydroxylation sites is 2. The van der Waals surface area contributed by atoms with Crippen LogP contribution in [0, 0.1) is 0 Å². The molecule has 1 N–H and O–H groups in total. The van der Waals surface area contributed by atoms with E-state index in [4.69, 9.17) is 21.6 Å². The van der Waals surface area contributed by atoms with Crippen LogP contribution in [0.5, 0.6) is 0 Å². The zero-order chi connectivity index (χ0) is 67.5. The number of halogens is 1. The Bertz CT molecular complexity index is 7380. The van der Waals surface area contributed by atoms with Crippen molar-refractivity contribution in [1.82, 2.24) is 29.5 Å². The summed E-state index contributed by atoms with van der Waals surface area (Å²) in [7, 11) is 0. The van der Waals surface area contributed by atoms with Crippen LogP contribution in [0.25, 0.3) is 175 Å². The fourth-order valence-electron chi connectivity index (χ4n) is 15.4. The van der Waals surface area contributed by atoms with Crippen molar-refractivity contribution in [2.45, 2.75) is 39.2 Å². The number of thiophene rings is 4. The number of hydrogen-bond donors (Lipinski definition) is 1. The predicted octanol–water partition coefficient (Wildman–Crippen LogP) is 28.4. The van der Waals surface area contributed by atoms with Gasteiger partial charge in [-0.2, -0.15) is 0 Å². The van der Waals surface area contributed by atoms with Gasteiger partial charge in [0.1, 0.15) is 0 Å². The summed E-state index contributed by atoms with van der Waals surface area (Å²) in [5, 5.41) is 18.2. The summed E-state index contributed by atoms with van der Waals surface area (Å²) in [6.07, 6.45) is 0. The maximum absolute atomic E-state index is 6.37. The number of rotatable bonds is 3. The summed E-state index contributed by atoms with van der Waals surface area (Å²) in [5.41, 5.74) is 10.9. The smallest absolute Gasteiger partial charge is 0.235 e. The normalized spacial score (nSPS) is 12.7. The van der Waals surface area contributed by atoms with E-state index in [-0.39, 0.29) is 5.28 Å². The van der Waals surface area contributed by atoms with E-state index < -0.39 is 0 Å². The zero-order valence-electron chi connectivity index (χ0n) is 53.9. The van der Waals surface area contributed by atoms with Crippen LogP contribution in [0.2, 0.25) is 5.28 Å². The predicted molar refractivity (Wildman–Crippen MR) is 446 cm³/mol. The number of aromatic amines is 1. The van der Waals surface area contributed by atoms with Crippen molar-refractivity contribution in [1.29, 1.82) is 0 Å². The van der Waals surface area contributed by atoms with Crippen molar-refractivity contribution >= 4 is 250 Å². The number of benzene rings is 14. The van der Waals surface area contributed by atoms with E-state index >= 15 is 0 Å². The molecular weight excluding hydrogens is 1430 g/mol. The van der Waals surface area contributed by atoms with Gasteiger partial charge in [-0.05, 0) is 95.2 Å². The molecule has 15 heteroatoms. The average Bonchev–Trinajstić information content (AvgIpc) is 1.53. The lowest BCUT2D eigenvalue weighted by Gasteiger charge is -2.21. The molecule has 484 valence electrons. The van der Waals surface area contributed by atoms with Crippen molar-refractivity contribution in [2.24, 2.45) is 0 Å². The third-order valence-electron chi connectivity index (χ3n) is 19.8. The maximum atomic E-state index is 6.37. The lowest BCUT2D eigenvalue weighted by Crippen LogP contribution is -2.04. The van der Waals surface area contributed by atoms with Gasteiger partial charge >= 0.3 is 0 Å². The monoisotopic (exact) mass is 1480 g/mol. The van der Waals surface area contributed by atoms with E-state index in [1.54, 1.807) is 34.4 Å². The van der Waals surface area contributed by atoms with Gasteiger partial charge in [-0.3, -0.25) is 4.57 Å². The molecule has 22 aromatic rings. The molecule has 0 aliphatic carbocycles. The first-order chi connectivity index (χ1) is 51.0. The molecule has 24 rings (SSSR count). The van der Waals surface area contributed by atoms with E-state index in [2.05, 4.69) is 293 Å². The Kier molecular flexibility index (Phi) is 14.1. The Hall–Kier alpha value is -10.1. The average molecular weight is 1480 g/mol. The van der Waals surface area contributed by atoms with E-state index in [9.17, 15) is 0 Å². The molecule has 0 unspecified atom stereocenters. The molecule has 0 fully saturated rings. The van der Waals surface area contributed by atoms with E-state index in [1.807, 2.05) is 64.0 Å². The summed E-state index contributed by atoms with van der Waals surface area (Å²) < 4.78 is 12.3.